The molecular formula is C14H18Br2O3. The fourth-order valence-corrected chi connectivity index (χ4v) is 4.05. The zero-order valence-electron chi connectivity index (χ0n) is 10.7. The van der Waals surface area contributed by atoms with Crippen LogP contribution in [0.25, 0.3) is 0 Å². The quantitative estimate of drug-likeness (QED) is 0.799. The summed E-state index contributed by atoms with van der Waals surface area (Å²) < 4.78 is 13.1. The van der Waals surface area contributed by atoms with Crippen molar-refractivity contribution in [2.45, 2.75) is 50.2 Å². The fraction of sp³-hybridized carbons (Fsp3) is 0.714. The molecule has 2 fully saturated rings. The lowest BCUT2D eigenvalue weighted by Gasteiger charge is -2.39. The van der Waals surface area contributed by atoms with Crippen LogP contribution in [0.5, 0.6) is 0 Å². The summed E-state index contributed by atoms with van der Waals surface area (Å²) in [6.45, 7) is 0.755. The Labute approximate surface area is 130 Å². The van der Waals surface area contributed by atoms with E-state index in [-0.39, 0.29) is 11.5 Å². The minimum absolute atomic E-state index is 0.0327. The van der Waals surface area contributed by atoms with Crippen molar-refractivity contribution in [1.82, 2.24) is 0 Å². The molecular weight excluding hydrogens is 376 g/mol. The fourth-order valence-electron chi connectivity index (χ4n) is 3.44. The molecule has 0 amide bonds. The maximum absolute atomic E-state index is 10.5. The summed E-state index contributed by atoms with van der Waals surface area (Å²) in [6.07, 6.45) is 6.09. The number of aliphatic hydroxyl groups is 1. The molecule has 3 nitrogen and oxygen atoms in total. The standard InChI is InChI=1S/C14H18Br2O3/c15-10-7-11(19-13(10)16)12(17)9-3-6-18-14(8-9)4-1-2-5-14/h7,9,12,17H,1-6,8H2. The molecule has 2 unspecified atom stereocenters. The third-order valence-corrected chi connectivity index (χ3v) is 6.16. The van der Waals surface area contributed by atoms with Gasteiger partial charge in [-0.25, -0.2) is 0 Å². The Morgan fingerprint density at radius 2 is 2.05 bits per heavy atom. The van der Waals surface area contributed by atoms with Gasteiger partial charge in [-0.15, -0.1) is 0 Å². The van der Waals surface area contributed by atoms with Crippen molar-refractivity contribution in [2.24, 2.45) is 5.92 Å². The van der Waals surface area contributed by atoms with E-state index in [0.717, 1.165) is 36.8 Å². The molecule has 2 atom stereocenters. The Kier molecular flexibility index (Phi) is 4.09. The number of rotatable bonds is 2. The first-order valence-corrected chi connectivity index (χ1v) is 8.45. The monoisotopic (exact) mass is 392 g/mol. The van der Waals surface area contributed by atoms with E-state index < -0.39 is 6.10 Å². The highest BCUT2D eigenvalue weighted by molar-refractivity contribution is 9.13. The lowest BCUT2D eigenvalue weighted by Crippen LogP contribution is -2.39. The van der Waals surface area contributed by atoms with Gasteiger partial charge in [0.05, 0.1) is 10.1 Å². The second-order valence-corrected chi connectivity index (χ2v) is 7.28. The van der Waals surface area contributed by atoms with E-state index in [0.29, 0.717) is 10.4 Å². The first kappa shape index (κ1) is 14.1. The zero-order valence-corrected chi connectivity index (χ0v) is 13.9. The molecule has 3 rings (SSSR count). The first-order valence-electron chi connectivity index (χ1n) is 6.86. The topological polar surface area (TPSA) is 42.6 Å². The molecule has 1 aromatic heterocycles. The minimum atomic E-state index is -0.538. The Morgan fingerprint density at radius 3 is 2.68 bits per heavy atom. The highest BCUT2D eigenvalue weighted by Crippen LogP contribution is 2.46. The molecule has 1 aromatic rings. The van der Waals surface area contributed by atoms with Gasteiger partial charge in [0.2, 0.25) is 0 Å². The van der Waals surface area contributed by atoms with Crippen LogP contribution >= 0.6 is 31.9 Å². The summed E-state index contributed by atoms with van der Waals surface area (Å²) in [5.41, 5.74) is 0.0327. The number of aliphatic hydroxyl groups excluding tert-OH is 1. The number of hydrogen-bond donors (Lipinski definition) is 1. The van der Waals surface area contributed by atoms with Crippen molar-refractivity contribution in [3.05, 3.63) is 21.0 Å². The second kappa shape index (κ2) is 5.51. The van der Waals surface area contributed by atoms with Crippen molar-refractivity contribution >= 4 is 31.9 Å². The molecule has 0 aromatic carbocycles. The molecule has 1 aliphatic carbocycles. The molecule has 1 spiro atoms. The second-order valence-electron chi connectivity index (χ2n) is 5.71. The number of halogens is 2. The lowest BCUT2D eigenvalue weighted by atomic mass is 9.81. The molecule has 0 radical (unpaired) electrons. The van der Waals surface area contributed by atoms with Gasteiger partial charge in [-0.1, -0.05) is 12.8 Å². The van der Waals surface area contributed by atoms with E-state index in [2.05, 4.69) is 31.9 Å². The van der Waals surface area contributed by atoms with Crippen molar-refractivity contribution < 1.29 is 14.3 Å². The van der Waals surface area contributed by atoms with E-state index in [1.165, 1.54) is 12.8 Å². The van der Waals surface area contributed by atoms with Crippen molar-refractivity contribution in [3.8, 4) is 0 Å². The van der Waals surface area contributed by atoms with E-state index in [1.807, 2.05) is 6.07 Å². The molecule has 0 bridgehead atoms. The molecule has 5 heteroatoms. The van der Waals surface area contributed by atoms with Gasteiger partial charge in [0.1, 0.15) is 11.9 Å². The van der Waals surface area contributed by atoms with Crippen LogP contribution in [0, 0.1) is 5.92 Å². The summed E-state index contributed by atoms with van der Waals surface area (Å²) in [5.74, 6) is 0.871. The van der Waals surface area contributed by atoms with Gasteiger partial charge in [0.25, 0.3) is 0 Å². The Hall–Kier alpha value is 0.160. The largest absolute Gasteiger partial charge is 0.450 e. The zero-order chi connectivity index (χ0) is 13.5. The van der Waals surface area contributed by atoms with Gasteiger partial charge >= 0.3 is 0 Å². The Bertz CT molecular complexity index is 432. The third-order valence-electron chi connectivity index (χ3n) is 4.45. The van der Waals surface area contributed by atoms with Crippen LogP contribution in [0.4, 0.5) is 0 Å². The minimum Gasteiger partial charge on any atom is -0.450 e. The average molecular weight is 394 g/mol. The Balaban J connectivity index is 1.74. The summed E-state index contributed by atoms with van der Waals surface area (Å²) >= 11 is 6.71. The van der Waals surface area contributed by atoms with Crippen LogP contribution in [0.1, 0.15) is 50.4 Å². The van der Waals surface area contributed by atoms with E-state index >= 15 is 0 Å². The molecule has 106 valence electrons. The van der Waals surface area contributed by atoms with E-state index in [1.54, 1.807) is 0 Å². The maximum atomic E-state index is 10.5. The van der Waals surface area contributed by atoms with Gasteiger partial charge in [-0.3, -0.25) is 0 Å². The van der Waals surface area contributed by atoms with E-state index in [4.69, 9.17) is 9.15 Å². The normalized spacial score (nSPS) is 27.8. The van der Waals surface area contributed by atoms with Gasteiger partial charge in [0.15, 0.2) is 4.67 Å². The summed E-state index contributed by atoms with van der Waals surface area (Å²) in [5, 5.41) is 10.5. The Morgan fingerprint density at radius 1 is 1.32 bits per heavy atom. The third kappa shape index (κ3) is 2.80. The highest BCUT2D eigenvalue weighted by Gasteiger charge is 2.42. The van der Waals surface area contributed by atoms with Crippen LogP contribution in [0.15, 0.2) is 19.6 Å². The summed E-state index contributed by atoms with van der Waals surface area (Å²) in [4.78, 5) is 0. The van der Waals surface area contributed by atoms with Crippen LogP contribution in [-0.4, -0.2) is 17.3 Å². The van der Waals surface area contributed by atoms with Crippen LogP contribution in [0.3, 0.4) is 0 Å². The molecule has 2 aliphatic rings. The van der Waals surface area contributed by atoms with Crippen LogP contribution in [0.2, 0.25) is 0 Å². The van der Waals surface area contributed by atoms with Crippen LogP contribution < -0.4 is 0 Å². The predicted molar refractivity (Wildman–Crippen MR) is 78.9 cm³/mol. The summed E-state index contributed by atoms with van der Waals surface area (Å²) in [6, 6.07) is 1.85. The van der Waals surface area contributed by atoms with Gasteiger partial charge in [0, 0.05) is 6.61 Å². The van der Waals surface area contributed by atoms with Crippen molar-refractivity contribution in [3.63, 3.8) is 0 Å². The molecule has 1 N–H and O–H groups in total. The first-order chi connectivity index (χ1) is 9.10. The van der Waals surface area contributed by atoms with E-state index in [9.17, 15) is 5.11 Å². The predicted octanol–water partition coefficient (Wildman–Crippen LogP) is 4.58. The number of ether oxygens (including phenoxy) is 1. The van der Waals surface area contributed by atoms with Gasteiger partial charge in [-0.2, -0.15) is 0 Å². The van der Waals surface area contributed by atoms with Crippen molar-refractivity contribution in [1.29, 1.82) is 0 Å². The maximum Gasteiger partial charge on any atom is 0.183 e. The molecule has 1 aliphatic heterocycles. The van der Waals surface area contributed by atoms with Crippen LogP contribution in [-0.2, 0) is 4.74 Å². The number of hydrogen-bond acceptors (Lipinski definition) is 3. The molecule has 1 saturated carbocycles. The van der Waals surface area contributed by atoms with Gasteiger partial charge < -0.3 is 14.3 Å². The van der Waals surface area contributed by atoms with Gasteiger partial charge in [-0.05, 0) is 69.5 Å². The number of furan rings is 1. The SMILES string of the molecule is OC(c1cc(Br)c(Br)o1)C1CCOC2(CCCC2)C1. The highest BCUT2D eigenvalue weighted by atomic mass is 79.9. The average Bonchev–Trinajstić information content (AvgIpc) is 2.97. The lowest BCUT2D eigenvalue weighted by molar-refractivity contribution is -0.115. The molecule has 2 heterocycles. The molecule has 1 saturated heterocycles. The summed E-state index contributed by atoms with van der Waals surface area (Å²) in [7, 11) is 0. The molecule has 19 heavy (non-hydrogen) atoms. The van der Waals surface area contributed by atoms with Crippen molar-refractivity contribution in [2.75, 3.05) is 6.61 Å². The smallest absolute Gasteiger partial charge is 0.183 e.